The van der Waals surface area contributed by atoms with Crippen LogP contribution in [-0.4, -0.2) is 61.8 Å². The number of ether oxygens (including phenoxy) is 1. The molecule has 0 rings (SSSR count). The van der Waals surface area contributed by atoms with Gasteiger partial charge in [0.25, 0.3) is 0 Å². The number of hydrogen-bond donors (Lipinski definition) is 2. The van der Waals surface area contributed by atoms with E-state index in [0.29, 0.717) is 32.2 Å². The summed E-state index contributed by atoms with van der Waals surface area (Å²) in [6, 6.07) is 0. The SMILES string of the molecule is COCCN(CC(=O)NCC(C)C)CC(C)C(=O)O. The van der Waals surface area contributed by atoms with E-state index < -0.39 is 11.9 Å². The van der Waals surface area contributed by atoms with Crippen LogP contribution in [0.1, 0.15) is 20.8 Å². The number of carboxylic acids is 1. The summed E-state index contributed by atoms with van der Waals surface area (Å²) >= 11 is 0. The lowest BCUT2D eigenvalue weighted by Crippen LogP contribution is -2.42. The molecule has 0 aromatic carbocycles. The van der Waals surface area contributed by atoms with E-state index in [2.05, 4.69) is 5.32 Å². The second-order valence-corrected chi connectivity index (χ2v) is 5.17. The summed E-state index contributed by atoms with van der Waals surface area (Å²) in [7, 11) is 1.58. The third-order valence-electron chi connectivity index (χ3n) is 2.64. The molecule has 0 aliphatic heterocycles. The molecule has 0 saturated carbocycles. The van der Waals surface area contributed by atoms with Gasteiger partial charge in [0.05, 0.1) is 19.1 Å². The maximum Gasteiger partial charge on any atom is 0.307 e. The van der Waals surface area contributed by atoms with Crippen LogP contribution in [0.4, 0.5) is 0 Å². The number of carbonyl (C=O) groups excluding carboxylic acids is 1. The lowest BCUT2D eigenvalue weighted by atomic mass is 10.1. The average Bonchev–Trinajstić information content (AvgIpc) is 2.33. The van der Waals surface area contributed by atoms with Crippen LogP contribution in [0.15, 0.2) is 0 Å². The predicted molar refractivity (Wildman–Crippen MR) is 73.0 cm³/mol. The number of hydrogen-bond acceptors (Lipinski definition) is 4. The number of carboxylic acid groups (broad SMARTS) is 1. The molecule has 1 amide bonds. The first-order valence-electron chi connectivity index (χ1n) is 6.57. The zero-order valence-electron chi connectivity index (χ0n) is 12.3. The highest BCUT2D eigenvalue weighted by atomic mass is 16.5. The predicted octanol–water partition coefficient (Wildman–Crippen LogP) is 0.428. The summed E-state index contributed by atoms with van der Waals surface area (Å²) in [5.41, 5.74) is 0. The third-order valence-corrected chi connectivity index (χ3v) is 2.64. The molecule has 1 atom stereocenters. The van der Waals surface area contributed by atoms with Crippen molar-refractivity contribution < 1.29 is 19.4 Å². The maximum atomic E-state index is 11.7. The molecule has 19 heavy (non-hydrogen) atoms. The molecule has 112 valence electrons. The van der Waals surface area contributed by atoms with Crippen LogP contribution in [0.2, 0.25) is 0 Å². The summed E-state index contributed by atoms with van der Waals surface area (Å²) in [6.45, 7) is 7.87. The maximum absolute atomic E-state index is 11.7. The number of rotatable bonds is 10. The van der Waals surface area contributed by atoms with Crippen LogP contribution in [0.3, 0.4) is 0 Å². The molecule has 0 aliphatic rings. The summed E-state index contributed by atoms with van der Waals surface area (Å²) in [6.07, 6.45) is 0. The lowest BCUT2D eigenvalue weighted by Gasteiger charge is -2.23. The van der Waals surface area contributed by atoms with Crippen LogP contribution in [0, 0.1) is 11.8 Å². The summed E-state index contributed by atoms with van der Waals surface area (Å²) in [4.78, 5) is 24.4. The smallest absolute Gasteiger partial charge is 0.307 e. The standard InChI is InChI=1S/C13H26N2O4/c1-10(2)7-14-12(16)9-15(5-6-19-4)8-11(3)13(17)18/h10-11H,5-9H2,1-4H3,(H,14,16)(H,17,18). The highest BCUT2D eigenvalue weighted by Crippen LogP contribution is 2.00. The van der Waals surface area contributed by atoms with E-state index in [1.165, 1.54) is 0 Å². The fraction of sp³-hybridized carbons (Fsp3) is 0.846. The number of nitrogens with one attached hydrogen (secondary N) is 1. The van der Waals surface area contributed by atoms with E-state index >= 15 is 0 Å². The number of aliphatic carboxylic acids is 1. The van der Waals surface area contributed by atoms with Crippen molar-refractivity contribution >= 4 is 11.9 Å². The number of methoxy groups -OCH3 is 1. The second-order valence-electron chi connectivity index (χ2n) is 5.17. The molecule has 0 aromatic rings. The average molecular weight is 274 g/mol. The first-order chi connectivity index (χ1) is 8.86. The van der Waals surface area contributed by atoms with Crippen molar-refractivity contribution in [1.29, 1.82) is 0 Å². The Kier molecular flexibility index (Phi) is 9.16. The fourth-order valence-corrected chi connectivity index (χ4v) is 1.50. The Balaban J connectivity index is 4.25. The van der Waals surface area contributed by atoms with Gasteiger partial charge in [0, 0.05) is 26.7 Å². The van der Waals surface area contributed by atoms with Crippen LogP contribution in [0.25, 0.3) is 0 Å². The summed E-state index contributed by atoms with van der Waals surface area (Å²) in [5.74, 6) is -1.04. The van der Waals surface area contributed by atoms with Crippen LogP contribution < -0.4 is 5.32 Å². The van der Waals surface area contributed by atoms with Gasteiger partial charge in [0.15, 0.2) is 0 Å². The second kappa shape index (κ2) is 9.75. The zero-order valence-corrected chi connectivity index (χ0v) is 12.3. The number of nitrogens with zero attached hydrogens (tertiary/aromatic N) is 1. The van der Waals surface area contributed by atoms with Gasteiger partial charge in [-0.05, 0) is 5.92 Å². The molecule has 0 saturated heterocycles. The van der Waals surface area contributed by atoms with Gasteiger partial charge in [-0.15, -0.1) is 0 Å². The Morgan fingerprint density at radius 3 is 2.42 bits per heavy atom. The highest BCUT2D eigenvalue weighted by Gasteiger charge is 2.18. The molecule has 0 radical (unpaired) electrons. The van der Waals surface area contributed by atoms with Crippen molar-refractivity contribution in [3.63, 3.8) is 0 Å². The van der Waals surface area contributed by atoms with E-state index in [4.69, 9.17) is 9.84 Å². The first-order valence-corrected chi connectivity index (χ1v) is 6.57. The Labute approximate surface area is 115 Å². The van der Waals surface area contributed by atoms with Gasteiger partial charge in [0.1, 0.15) is 0 Å². The molecule has 6 heteroatoms. The molecule has 0 fully saturated rings. The monoisotopic (exact) mass is 274 g/mol. The van der Waals surface area contributed by atoms with Crippen molar-refractivity contribution in [3.8, 4) is 0 Å². The Morgan fingerprint density at radius 1 is 1.32 bits per heavy atom. The third kappa shape index (κ3) is 9.44. The molecule has 0 aliphatic carbocycles. The topological polar surface area (TPSA) is 78.9 Å². The molecule has 6 nitrogen and oxygen atoms in total. The Hall–Kier alpha value is -1.14. The molecular formula is C13H26N2O4. The van der Waals surface area contributed by atoms with Crippen molar-refractivity contribution in [2.75, 3.05) is 39.9 Å². The van der Waals surface area contributed by atoms with E-state index in [1.807, 2.05) is 13.8 Å². The van der Waals surface area contributed by atoms with Gasteiger partial charge in [-0.25, -0.2) is 0 Å². The summed E-state index contributed by atoms with van der Waals surface area (Å²) < 4.78 is 4.97. The summed E-state index contributed by atoms with van der Waals surface area (Å²) in [5, 5.41) is 11.7. The Bertz CT molecular complexity index is 282. The number of amides is 1. The molecule has 0 aromatic heterocycles. The first kappa shape index (κ1) is 17.9. The quantitative estimate of drug-likeness (QED) is 0.604. The molecular weight excluding hydrogens is 248 g/mol. The zero-order chi connectivity index (χ0) is 14.8. The fourth-order valence-electron chi connectivity index (χ4n) is 1.50. The van der Waals surface area contributed by atoms with Crippen molar-refractivity contribution in [3.05, 3.63) is 0 Å². The normalized spacial score (nSPS) is 12.7. The lowest BCUT2D eigenvalue weighted by molar-refractivity contribution is -0.142. The van der Waals surface area contributed by atoms with Gasteiger partial charge < -0.3 is 15.2 Å². The minimum absolute atomic E-state index is 0.0811. The van der Waals surface area contributed by atoms with Gasteiger partial charge in [0.2, 0.25) is 5.91 Å². The number of carbonyl (C=O) groups is 2. The van der Waals surface area contributed by atoms with E-state index in [-0.39, 0.29) is 12.5 Å². The van der Waals surface area contributed by atoms with Crippen LogP contribution in [-0.2, 0) is 14.3 Å². The minimum Gasteiger partial charge on any atom is -0.481 e. The highest BCUT2D eigenvalue weighted by molar-refractivity contribution is 5.78. The van der Waals surface area contributed by atoms with Crippen LogP contribution >= 0.6 is 0 Å². The van der Waals surface area contributed by atoms with Gasteiger partial charge in [-0.3, -0.25) is 14.5 Å². The van der Waals surface area contributed by atoms with E-state index in [1.54, 1.807) is 18.9 Å². The van der Waals surface area contributed by atoms with E-state index in [9.17, 15) is 9.59 Å². The molecule has 2 N–H and O–H groups in total. The van der Waals surface area contributed by atoms with Crippen molar-refractivity contribution in [2.24, 2.45) is 11.8 Å². The molecule has 1 unspecified atom stereocenters. The molecule has 0 bridgehead atoms. The Morgan fingerprint density at radius 2 is 1.95 bits per heavy atom. The van der Waals surface area contributed by atoms with Gasteiger partial charge in [-0.2, -0.15) is 0 Å². The van der Waals surface area contributed by atoms with Crippen LogP contribution in [0.5, 0.6) is 0 Å². The largest absolute Gasteiger partial charge is 0.481 e. The van der Waals surface area contributed by atoms with Gasteiger partial charge in [-0.1, -0.05) is 20.8 Å². The van der Waals surface area contributed by atoms with Crippen molar-refractivity contribution in [1.82, 2.24) is 10.2 Å². The van der Waals surface area contributed by atoms with E-state index in [0.717, 1.165) is 0 Å². The van der Waals surface area contributed by atoms with Crippen molar-refractivity contribution in [2.45, 2.75) is 20.8 Å². The van der Waals surface area contributed by atoms with Gasteiger partial charge >= 0.3 is 5.97 Å². The molecule has 0 heterocycles. The molecule has 0 spiro atoms. The minimum atomic E-state index is -0.856.